The van der Waals surface area contributed by atoms with Crippen molar-refractivity contribution in [2.75, 3.05) is 13.7 Å². The van der Waals surface area contributed by atoms with Gasteiger partial charge in [-0.3, -0.25) is 0 Å². The van der Waals surface area contributed by atoms with Gasteiger partial charge in [-0.2, -0.15) is 0 Å². The van der Waals surface area contributed by atoms with E-state index in [1.807, 2.05) is 12.1 Å². The van der Waals surface area contributed by atoms with Gasteiger partial charge in [-0.15, -0.1) is 0 Å². The molecule has 1 aromatic heterocycles. The van der Waals surface area contributed by atoms with E-state index in [0.29, 0.717) is 6.54 Å². The highest BCUT2D eigenvalue weighted by Crippen LogP contribution is 2.23. The van der Waals surface area contributed by atoms with Crippen molar-refractivity contribution in [3.8, 4) is 5.75 Å². The summed E-state index contributed by atoms with van der Waals surface area (Å²) in [6, 6.07) is 6.13. The molecule has 0 saturated carbocycles. The van der Waals surface area contributed by atoms with Crippen molar-refractivity contribution in [2.45, 2.75) is 45.6 Å². The van der Waals surface area contributed by atoms with Crippen LogP contribution in [0.4, 0.5) is 0 Å². The van der Waals surface area contributed by atoms with E-state index < -0.39 is 0 Å². The summed E-state index contributed by atoms with van der Waals surface area (Å²) in [6.45, 7) is 3.98. The molecule has 4 heteroatoms. The minimum atomic E-state index is 0.710. The quantitative estimate of drug-likeness (QED) is 0.753. The third kappa shape index (κ3) is 3.31. The molecule has 0 aliphatic rings. The fourth-order valence-corrected chi connectivity index (χ4v) is 2.51. The molecule has 0 radical (unpaired) electrons. The van der Waals surface area contributed by atoms with Crippen LogP contribution in [0.5, 0.6) is 5.75 Å². The second-order valence-electron chi connectivity index (χ2n) is 5.13. The zero-order valence-electron chi connectivity index (χ0n) is 12.6. The Balaban J connectivity index is 2.32. The average Bonchev–Trinajstić information content (AvgIpc) is 2.82. The third-order valence-corrected chi connectivity index (χ3v) is 3.62. The second kappa shape index (κ2) is 7.29. The molecule has 2 rings (SSSR count). The number of hydrogen-bond donors (Lipinski definition) is 1. The van der Waals surface area contributed by atoms with Crippen molar-refractivity contribution in [1.82, 2.24) is 9.55 Å². The maximum Gasteiger partial charge on any atom is 0.121 e. The number of aryl methyl sites for hydroxylation is 2. The van der Waals surface area contributed by atoms with Gasteiger partial charge in [0, 0.05) is 19.0 Å². The van der Waals surface area contributed by atoms with Gasteiger partial charge in [-0.25, -0.2) is 4.98 Å². The average molecular weight is 275 g/mol. The third-order valence-electron chi connectivity index (χ3n) is 3.62. The number of imidazole rings is 1. The van der Waals surface area contributed by atoms with E-state index in [2.05, 4.69) is 17.6 Å². The van der Waals surface area contributed by atoms with Gasteiger partial charge in [0.1, 0.15) is 11.6 Å². The zero-order valence-corrected chi connectivity index (χ0v) is 12.6. The maximum absolute atomic E-state index is 5.63. The van der Waals surface area contributed by atoms with E-state index in [-0.39, 0.29) is 0 Å². The van der Waals surface area contributed by atoms with Crippen LogP contribution in [0.2, 0.25) is 0 Å². The van der Waals surface area contributed by atoms with E-state index in [0.717, 1.165) is 36.5 Å². The van der Waals surface area contributed by atoms with E-state index in [1.54, 1.807) is 7.11 Å². The molecule has 0 aliphatic heterocycles. The second-order valence-corrected chi connectivity index (χ2v) is 5.13. The van der Waals surface area contributed by atoms with Crippen molar-refractivity contribution in [2.24, 2.45) is 5.73 Å². The fraction of sp³-hybridized carbons (Fsp3) is 0.562. The van der Waals surface area contributed by atoms with Gasteiger partial charge in [0.2, 0.25) is 0 Å². The highest BCUT2D eigenvalue weighted by atomic mass is 16.5. The number of nitrogens with zero attached hydrogens (tertiary/aromatic N) is 2. The van der Waals surface area contributed by atoms with E-state index in [4.69, 9.17) is 15.5 Å². The standard InChI is InChI=1S/C16H25N3O/c1-3-4-5-11-19-15-9-8-13(20-2)12-14(15)18-16(19)7-6-10-17/h8-9,12H,3-7,10-11,17H2,1-2H3. The van der Waals surface area contributed by atoms with Crippen LogP contribution in [0.15, 0.2) is 18.2 Å². The van der Waals surface area contributed by atoms with E-state index in [1.165, 1.54) is 24.8 Å². The van der Waals surface area contributed by atoms with Gasteiger partial charge in [-0.05, 0) is 31.5 Å². The number of rotatable bonds is 8. The first-order valence-corrected chi connectivity index (χ1v) is 7.53. The van der Waals surface area contributed by atoms with Gasteiger partial charge in [0.05, 0.1) is 18.1 Å². The van der Waals surface area contributed by atoms with Crippen molar-refractivity contribution < 1.29 is 4.74 Å². The van der Waals surface area contributed by atoms with Gasteiger partial charge in [-0.1, -0.05) is 19.8 Å². The fourth-order valence-electron chi connectivity index (χ4n) is 2.51. The molecule has 0 fully saturated rings. The maximum atomic E-state index is 5.63. The van der Waals surface area contributed by atoms with Crippen LogP contribution < -0.4 is 10.5 Å². The first-order valence-electron chi connectivity index (χ1n) is 7.53. The Morgan fingerprint density at radius 1 is 1.25 bits per heavy atom. The molecule has 110 valence electrons. The minimum Gasteiger partial charge on any atom is -0.497 e. The highest BCUT2D eigenvalue weighted by Gasteiger charge is 2.10. The lowest BCUT2D eigenvalue weighted by Crippen LogP contribution is -2.07. The van der Waals surface area contributed by atoms with Crippen molar-refractivity contribution in [1.29, 1.82) is 0 Å². The van der Waals surface area contributed by atoms with Crippen molar-refractivity contribution in [3.63, 3.8) is 0 Å². The van der Waals surface area contributed by atoms with Crippen LogP contribution in [-0.2, 0) is 13.0 Å². The molecule has 0 aliphatic carbocycles. The van der Waals surface area contributed by atoms with Gasteiger partial charge in [0.25, 0.3) is 0 Å². The van der Waals surface area contributed by atoms with E-state index >= 15 is 0 Å². The van der Waals surface area contributed by atoms with Crippen LogP contribution in [0.3, 0.4) is 0 Å². The Morgan fingerprint density at radius 3 is 2.80 bits per heavy atom. The molecule has 4 nitrogen and oxygen atoms in total. The number of methoxy groups -OCH3 is 1. The van der Waals surface area contributed by atoms with Crippen LogP contribution in [0.1, 0.15) is 38.4 Å². The molecule has 1 heterocycles. The Labute approximate surface area is 120 Å². The molecular weight excluding hydrogens is 250 g/mol. The summed E-state index contributed by atoms with van der Waals surface area (Å²) in [5.74, 6) is 2.01. The van der Waals surface area contributed by atoms with Gasteiger partial charge in [0.15, 0.2) is 0 Å². The number of unbranched alkanes of at least 4 members (excludes halogenated alkanes) is 2. The summed E-state index contributed by atoms with van der Waals surface area (Å²) < 4.78 is 7.63. The monoisotopic (exact) mass is 275 g/mol. The SMILES string of the molecule is CCCCCn1c(CCCN)nc2cc(OC)ccc21. The zero-order chi connectivity index (χ0) is 14.4. The number of nitrogens with two attached hydrogens (primary N) is 1. The minimum absolute atomic E-state index is 0.710. The Kier molecular flexibility index (Phi) is 5.41. The molecule has 0 bridgehead atoms. The Hall–Kier alpha value is -1.55. The topological polar surface area (TPSA) is 53.1 Å². The number of ether oxygens (including phenoxy) is 1. The molecule has 20 heavy (non-hydrogen) atoms. The number of hydrogen-bond acceptors (Lipinski definition) is 3. The van der Waals surface area contributed by atoms with Crippen LogP contribution in [-0.4, -0.2) is 23.2 Å². The molecule has 2 aromatic rings. The predicted molar refractivity (Wildman–Crippen MR) is 83.2 cm³/mol. The molecule has 0 unspecified atom stereocenters. The number of fused-ring (bicyclic) bond motifs is 1. The van der Waals surface area contributed by atoms with Gasteiger partial charge >= 0.3 is 0 Å². The Morgan fingerprint density at radius 2 is 2.10 bits per heavy atom. The summed E-state index contributed by atoms with van der Waals surface area (Å²) >= 11 is 0. The summed E-state index contributed by atoms with van der Waals surface area (Å²) in [5, 5.41) is 0. The molecule has 0 atom stereocenters. The van der Waals surface area contributed by atoms with Crippen LogP contribution >= 0.6 is 0 Å². The van der Waals surface area contributed by atoms with Crippen LogP contribution in [0, 0.1) is 0 Å². The highest BCUT2D eigenvalue weighted by molar-refractivity contribution is 5.77. The predicted octanol–water partition coefficient (Wildman–Crippen LogP) is 3.13. The molecule has 0 saturated heterocycles. The largest absolute Gasteiger partial charge is 0.497 e. The first-order chi connectivity index (χ1) is 9.80. The normalized spacial score (nSPS) is 11.2. The lowest BCUT2D eigenvalue weighted by molar-refractivity contribution is 0.415. The molecule has 1 aromatic carbocycles. The summed E-state index contributed by atoms with van der Waals surface area (Å²) in [5.41, 5.74) is 7.85. The van der Waals surface area contributed by atoms with E-state index in [9.17, 15) is 0 Å². The number of aromatic nitrogens is 2. The van der Waals surface area contributed by atoms with Crippen molar-refractivity contribution >= 4 is 11.0 Å². The smallest absolute Gasteiger partial charge is 0.121 e. The van der Waals surface area contributed by atoms with Gasteiger partial charge < -0.3 is 15.0 Å². The Bertz CT molecular complexity index is 548. The summed E-state index contributed by atoms with van der Waals surface area (Å²) in [4.78, 5) is 4.76. The molecular formula is C16H25N3O. The molecule has 0 spiro atoms. The number of benzene rings is 1. The van der Waals surface area contributed by atoms with Crippen molar-refractivity contribution in [3.05, 3.63) is 24.0 Å². The summed E-state index contributed by atoms with van der Waals surface area (Å²) in [7, 11) is 1.69. The summed E-state index contributed by atoms with van der Waals surface area (Å²) in [6.07, 6.45) is 5.61. The van der Waals surface area contributed by atoms with Crippen LogP contribution in [0.25, 0.3) is 11.0 Å². The molecule has 0 amide bonds. The lowest BCUT2D eigenvalue weighted by atomic mass is 10.2. The molecule has 2 N–H and O–H groups in total. The first kappa shape index (κ1) is 14.9. The lowest BCUT2D eigenvalue weighted by Gasteiger charge is -2.08.